The van der Waals surface area contributed by atoms with Gasteiger partial charge in [0.2, 0.25) is 0 Å². The molecule has 0 N–H and O–H groups in total. The Morgan fingerprint density at radius 1 is 0.811 bits per heavy atom. The zero-order valence-corrected chi connectivity index (χ0v) is 22.9. The second-order valence-electron chi connectivity index (χ2n) is 9.99. The summed E-state index contributed by atoms with van der Waals surface area (Å²) >= 11 is 12.2. The van der Waals surface area contributed by atoms with Gasteiger partial charge < -0.3 is 0 Å². The zero-order chi connectivity index (χ0) is 26.0. The number of rotatable bonds is 6. The van der Waals surface area contributed by atoms with E-state index in [0.717, 1.165) is 19.5 Å². The number of halogens is 3. The van der Waals surface area contributed by atoms with Gasteiger partial charge in [0.1, 0.15) is 5.82 Å². The largest absolute Gasteiger partial charge is 0.300 e. The van der Waals surface area contributed by atoms with Crippen molar-refractivity contribution in [3.05, 3.63) is 94.2 Å². The van der Waals surface area contributed by atoms with Gasteiger partial charge in [-0.2, -0.15) is 0 Å². The molecule has 1 saturated carbocycles. The highest BCUT2D eigenvalue weighted by Gasteiger charge is 2.38. The molecule has 0 bridgehead atoms. The molecular formula is C29H31Cl2FN2O2S. The molecule has 5 rings (SSSR count). The monoisotopic (exact) mass is 560 g/mol. The lowest BCUT2D eigenvalue weighted by atomic mass is 9.78. The smallest absolute Gasteiger partial charge is 0.264 e. The third kappa shape index (κ3) is 5.68. The standard InChI is InChI=1S/C29H31Cl2FN2O2S/c30-27-15-14-25(20-28(27)31)37(35,36)34(23-12-10-22(32)11-13-23)24-16-18-33(19-17-24)29-9-5-4-8-26(29)21-6-2-1-3-7-21/h1-3,6-7,10-15,20,24,26,29H,4-5,8-9,16-19H2. The second-order valence-corrected chi connectivity index (χ2v) is 12.6. The summed E-state index contributed by atoms with van der Waals surface area (Å²) < 4.78 is 43.0. The van der Waals surface area contributed by atoms with Crippen LogP contribution in [-0.2, 0) is 10.0 Å². The zero-order valence-electron chi connectivity index (χ0n) is 20.6. The maximum atomic E-state index is 13.9. The van der Waals surface area contributed by atoms with E-state index in [0.29, 0.717) is 35.5 Å². The van der Waals surface area contributed by atoms with Gasteiger partial charge >= 0.3 is 0 Å². The quantitative estimate of drug-likeness (QED) is 0.313. The van der Waals surface area contributed by atoms with Crippen LogP contribution in [0.4, 0.5) is 10.1 Å². The Bertz CT molecular complexity index is 1310. The molecule has 0 amide bonds. The molecule has 1 aliphatic carbocycles. The van der Waals surface area contributed by atoms with Gasteiger partial charge in [0.15, 0.2) is 0 Å². The fourth-order valence-corrected chi connectivity index (χ4v) is 8.07. The second kappa shape index (κ2) is 11.3. The number of hydrogen-bond acceptors (Lipinski definition) is 3. The van der Waals surface area contributed by atoms with Gasteiger partial charge in [-0.25, -0.2) is 12.8 Å². The van der Waals surface area contributed by atoms with E-state index in [9.17, 15) is 12.8 Å². The van der Waals surface area contributed by atoms with E-state index >= 15 is 0 Å². The van der Waals surface area contributed by atoms with E-state index in [1.54, 1.807) is 0 Å². The van der Waals surface area contributed by atoms with Gasteiger partial charge in [0, 0.05) is 25.2 Å². The normalized spacial score (nSPS) is 21.6. The number of anilines is 1. The molecule has 1 saturated heterocycles. The molecule has 0 aromatic heterocycles. The van der Waals surface area contributed by atoms with Crippen molar-refractivity contribution in [3.8, 4) is 0 Å². The molecule has 1 heterocycles. The third-order valence-corrected chi connectivity index (χ3v) is 10.4. The Labute approximate surface area is 229 Å². The third-order valence-electron chi connectivity index (χ3n) is 7.79. The highest BCUT2D eigenvalue weighted by atomic mass is 35.5. The van der Waals surface area contributed by atoms with E-state index < -0.39 is 15.8 Å². The van der Waals surface area contributed by atoms with E-state index in [1.807, 2.05) is 0 Å². The summed E-state index contributed by atoms with van der Waals surface area (Å²) in [6, 6.07) is 21.0. The molecule has 2 atom stereocenters. The first-order chi connectivity index (χ1) is 17.8. The summed E-state index contributed by atoms with van der Waals surface area (Å²) in [6.07, 6.45) is 6.19. The van der Waals surface area contributed by atoms with Crippen LogP contribution in [0.15, 0.2) is 77.7 Å². The lowest BCUT2D eigenvalue weighted by molar-refractivity contribution is 0.107. The Hall–Kier alpha value is -2.12. The molecule has 3 aromatic rings. The van der Waals surface area contributed by atoms with Crippen LogP contribution in [0.2, 0.25) is 10.0 Å². The molecule has 2 fully saturated rings. The summed E-state index contributed by atoms with van der Waals surface area (Å²) in [5, 5.41) is 0.476. The van der Waals surface area contributed by atoms with Crippen molar-refractivity contribution in [1.29, 1.82) is 0 Å². The highest BCUT2D eigenvalue weighted by molar-refractivity contribution is 7.92. The van der Waals surface area contributed by atoms with Crippen LogP contribution in [0.25, 0.3) is 0 Å². The van der Waals surface area contributed by atoms with Gasteiger partial charge in [-0.1, -0.05) is 66.4 Å². The molecule has 1 aliphatic heterocycles. The fraction of sp³-hybridized carbons (Fsp3) is 0.379. The van der Waals surface area contributed by atoms with E-state index in [2.05, 4.69) is 35.2 Å². The number of hydrogen-bond donors (Lipinski definition) is 0. The highest BCUT2D eigenvalue weighted by Crippen LogP contribution is 2.39. The molecular weight excluding hydrogens is 530 g/mol. The fourth-order valence-electron chi connectivity index (χ4n) is 5.97. The van der Waals surface area contributed by atoms with Crippen LogP contribution in [0.3, 0.4) is 0 Å². The van der Waals surface area contributed by atoms with Crippen LogP contribution in [0, 0.1) is 5.82 Å². The minimum Gasteiger partial charge on any atom is -0.300 e. The van der Waals surface area contributed by atoms with Gasteiger partial charge in [-0.05, 0) is 79.6 Å². The number of piperidine rings is 1. The van der Waals surface area contributed by atoms with E-state index in [4.69, 9.17) is 23.2 Å². The lowest BCUT2D eigenvalue weighted by Gasteiger charge is -2.45. The summed E-state index contributed by atoms with van der Waals surface area (Å²) in [5.74, 6) is 0.0920. The number of likely N-dealkylation sites (tertiary alicyclic amines) is 1. The summed E-state index contributed by atoms with van der Waals surface area (Å²) in [4.78, 5) is 2.63. The van der Waals surface area contributed by atoms with Crippen LogP contribution >= 0.6 is 23.2 Å². The van der Waals surface area contributed by atoms with Crippen LogP contribution in [0.5, 0.6) is 0 Å². The maximum Gasteiger partial charge on any atom is 0.264 e. The number of nitrogens with zero attached hydrogens (tertiary/aromatic N) is 2. The van der Waals surface area contributed by atoms with Gasteiger partial charge in [0.05, 0.1) is 20.6 Å². The average Bonchev–Trinajstić information content (AvgIpc) is 2.92. The van der Waals surface area contributed by atoms with Gasteiger partial charge in [-0.15, -0.1) is 0 Å². The predicted molar refractivity (Wildman–Crippen MR) is 149 cm³/mol. The molecule has 8 heteroatoms. The van der Waals surface area contributed by atoms with Crippen LogP contribution in [-0.4, -0.2) is 38.5 Å². The molecule has 4 nitrogen and oxygen atoms in total. The molecule has 0 spiro atoms. The molecule has 2 unspecified atom stereocenters. The van der Waals surface area contributed by atoms with Gasteiger partial charge in [-0.3, -0.25) is 9.21 Å². The minimum atomic E-state index is -3.95. The summed E-state index contributed by atoms with van der Waals surface area (Å²) in [7, 11) is -3.95. The van der Waals surface area contributed by atoms with Crippen molar-refractivity contribution in [2.24, 2.45) is 0 Å². The predicted octanol–water partition coefficient (Wildman–Crippen LogP) is 7.52. The topological polar surface area (TPSA) is 40.6 Å². The minimum absolute atomic E-state index is 0.0741. The van der Waals surface area contributed by atoms with Crippen molar-refractivity contribution < 1.29 is 12.8 Å². The van der Waals surface area contributed by atoms with Crippen molar-refractivity contribution in [3.63, 3.8) is 0 Å². The Morgan fingerprint density at radius 2 is 1.49 bits per heavy atom. The van der Waals surface area contributed by atoms with Crippen molar-refractivity contribution in [1.82, 2.24) is 4.90 Å². The number of benzene rings is 3. The molecule has 3 aromatic carbocycles. The van der Waals surface area contributed by atoms with Crippen molar-refractivity contribution in [2.45, 2.75) is 61.4 Å². The number of sulfonamides is 1. The van der Waals surface area contributed by atoms with Crippen molar-refractivity contribution >= 4 is 38.9 Å². The lowest BCUT2D eigenvalue weighted by Crippen LogP contribution is -2.51. The first-order valence-electron chi connectivity index (χ1n) is 12.9. The average molecular weight is 562 g/mol. The van der Waals surface area contributed by atoms with E-state index in [-0.39, 0.29) is 16.0 Å². The SMILES string of the molecule is O=S(=O)(c1ccc(Cl)c(Cl)c1)N(c1ccc(F)cc1)C1CCN(C2CCCCC2c2ccccc2)CC1. The Kier molecular flexibility index (Phi) is 8.10. The molecule has 0 radical (unpaired) electrons. The van der Waals surface area contributed by atoms with E-state index in [1.165, 1.54) is 71.6 Å². The van der Waals surface area contributed by atoms with Crippen molar-refractivity contribution in [2.75, 3.05) is 17.4 Å². The maximum absolute atomic E-state index is 13.9. The first kappa shape index (κ1) is 26.5. The summed E-state index contributed by atoms with van der Waals surface area (Å²) in [5.41, 5.74) is 1.84. The molecule has 196 valence electrons. The van der Waals surface area contributed by atoms with Crippen LogP contribution in [0.1, 0.15) is 50.0 Å². The molecule has 37 heavy (non-hydrogen) atoms. The Balaban J connectivity index is 1.40. The molecule has 2 aliphatic rings. The first-order valence-corrected chi connectivity index (χ1v) is 15.1. The summed E-state index contributed by atoms with van der Waals surface area (Å²) in [6.45, 7) is 1.63. The Morgan fingerprint density at radius 3 is 2.16 bits per heavy atom. The van der Waals surface area contributed by atoms with Crippen LogP contribution < -0.4 is 4.31 Å². The van der Waals surface area contributed by atoms with Gasteiger partial charge in [0.25, 0.3) is 10.0 Å².